The summed E-state index contributed by atoms with van der Waals surface area (Å²) in [4.78, 5) is 11.9. The van der Waals surface area contributed by atoms with Crippen LogP contribution in [-0.4, -0.2) is 38.6 Å². The molecule has 1 amide bonds. The first kappa shape index (κ1) is 17.0. The zero-order valence-electron chi connectivity index (χ0n) is 14.1. The Kier molecular flexibility index (Phi) is 5.55. The number of nitrogens with zero attached hydrogens (tertiary/aromatic N) is 4. The zero-order chi connectivity index (χ0) is 16.9. The van der Waals surface area contributed by atoms with Gasteiger partial charge in [0.1, 0.15) is 11.6 Å². The second-order valence-corrected chi connectivity index (χ2v) is 6.87. The summed E-state index contributed by atoms with van der Waals surface area (Å²) in [7, 11) is 0. The van der Waals surface area contributed by atoms with Crippen molar-refractivity contribution in [3.05, 3.63) is 23.3 Å². The van der Waals surface area contributed by atoms with Crippen molar-refractivity contribution in [3.63, 3.8) is 0 Å². The molecule has 0 bridgehead atoms. The highest BCUT2D eigenvalue weighted by Crippen LogP contribution is 2.33. The molecule has 24 heavy (non-hydrogen) atoms. The van der Waals surface area contributed by atoms with E-state index in [9.17, 15) is 4.79 Å². The van der Waals surface area contributed by atoms with Crippen molar-refractivity contribution in [2.75, 3.05) is 12.8 Å². The first-order valence-electron chi connectivity index (χ1n) is 8.38. The van der Waals surface area contributed by atoms with E-state index in [0.717, 1.165) is 23.8 Å². The minimum atomic E-state index is -0.200. The molecule has 2 aromatic heterocycles. The van der Waals surface area contributed by atoms with E-state index >= 15 is 0 Å². The van der Waals surface area contributed by atoms with Crippen molar-refractivity contribution < 1.29 is 9.32 Å². The standard InChI is InChI=1S/C16H23N5O2S/c1-11-10-13(20-23-11)15(22)17-9-5-8-14-18-19-16(24-2)21(14)12-6-3-4-7-12/h10,12H,3-9H2,1-2H3,(H,17,22). The third kappa shape index (κ3) is 3.80. The predicted octanol–water partition coefficient (Wildman–Crippen LogP) is 2.77. The van der Waals surface area contributed by atoms with Crippen molar-refractivity contribution in [1.82, 2.24) is 25.2 Å². The highest BCUT2D eigenvalue weighted by Gasteiger charge is 2.23. The summed E-state index contributed by atoms with van der Waals surface area (Å²) in [6.45, 7) is 2.35. The number of carbonyl (C=O) groups is 1. The minimum Gasteiger partial charge on any atom is -0.361 e. The van der Waals surface area contributed by atoms with Gasteiger partial charge in [-0.1, -0.05) is 29.8 Å². The van der Waals surface area contributed by atoms with Gasteiger partial charge in [0.25, 0.3) is 5.91 Å². The smallest absolute Gasteiger partial charge is 0.273 e. The van der Waals surface area contributed by atoms with Crippen LogP contribution in [0.1, 0.15) is 60.2 Å². The molecule has 1 fully saturated rings. The van der Waals surface area contributed by atoms with E-state index in [1.807, 2.05) is 6.26 Å². The van der Waals surface area contributed by atoms with E-state index in [0.29, 0.717) is 24.0 Å². The van der Waals surface area contributed by atoms with Crippen molar-refractivity contribution in [2.24, 2.45) is 0 Å². The van der Waals surface area contributed by atoms with Gasteiger partial charge in [0, 0.05) is 25.1 Å². The number of rotatable bonds is 7. The molecular weight excluding hydrogens is 326 g/mol. The molecule has 1 N–H and O–H groups in total. The SMILES string of the molecule is CSc1nnc(CCCNC(=O)c2cc(C)on2)n1C1CCCC1. The molecule has 3 rings (SSSR count). The Morgan fingerprint density at radius 3 is 2.88 bits per heavy atom. The van der Waals surface area contributed by atoms with Gasteiger partial charge < -0.3 is 14.4 Å². The Morgan fingerprint density at radius 1 is 1.42 bits per heavy atom. The fraction of sp³-hybridized carbons (Fsp3) is 0.625. The molecule has 0 aliphatic heterocycles. The van der Waals surface area contributed by atoms with E-state index < -0.39 is 0 Å². The summed E-state index contributed by atoms with van der Waals surface area (Å²) in [5, 5.41) is 16.3. The molecular formula is C16H23N5O2S. The molecule has 0 unspecified atom stereocenters. The second kappa shape index (κ2) is 7.83. The summed E-state index contributed by atoms with van der Waals surface area (Å²) in [5.41, 5.74) is 0.325. The molecule has 7 nitrogen and oxygen atoms in total. The monoisotopic (exact) mass is 349 g/mol. The van der Waals surface area contributed by atoms with Crippen LogP contribution in [0.5, 0.6) is 0 Å². The molecule has 2 heterocycles. The van der Waals surface area contributed by atoms with Crippen LogP contribution in [0.3, 0.4) is 0 Å². The Balaban J connectivity index is 1.53. The van der Waals surface area contributed by atoms with Gasteiger partial charge in [-0.2, -0.15) is 0 Å². The maximum absolute atomic E-state index is 11.9. The predicted molar refractivity (Wildman–Crippen MR) is 91.2 cm³/mol. The van der Waals surface area contributed by atoms with E-state index in [2.05, 4.69) is 25.2 Å². The normalized spacial score (nSPS) is 15.1. The highest BCUT2D eigenvalue weighted by atomic mass is 32.2. The molecule has 0 saturated heterocycles. The van der Waals surface area contributed by atoms with Crippen LogP contribution in [0.15, 0.2) is 15.7 Å². The molecule has 130 valence electrons. The number of amides is 1. The summed E-state index contributed by atoms with van der Waals surface area (Å²) in [6.07, 6.45) is 8.65. The van der Waals surface area contributed by atoms with E-state index in [4.69, 9.17) is 4.52 Å². The molecule has 0 radical (unpaired) electrons. The average Bonchev–Trinajstić information content (AvgIpc) is 3.30. The fourth-order valence-electron chi connectivity index (χ4n) is 3.16. The first-order valence-corrected chi connectivity index (χ1v) is 9.61. The topological polar surface area (TPSA) is 85.8 Å². The number of hydrogen-bond acceptors (Lipinski definition) is 6. The number of thioether (sulfide) groups is 1. The molecule has 1 aliphatic rings. The molecule has 8 heteroatoms. The quantitative estimate of drug-likeness (QED) is 0.611. The first-order chi connectivity index (χ1) is 11.7. The van der Waals surface area contributed by atoms with Crippen LogP contribution < -0.4 is 5.32 Å². The molecule has 1 saturated carbocycles. The Bertz CT molecular complexity index is 690. The zero-order valence-corrected chi connectivity index (χ0v) is 14.9. The summed E-state index contributed by atoms with van der Waals surface area (Å²) in [6, 6.07) is 2.17. The average molecular weight is 349 g/mol. The van der Waals surface area contributed by atoms with Crippen molar-refractivity contribution >= 4 is 17.7 Å². The minimum absolute atomic E-state index is 0.200. The van der Waals surface area contributed by atoms with Gasteiger partial charge in [-0.3, -0.25) is 4.79 Å². The number of carbonyl (C=O) groups excluding carboxylic acids is 1. The number of aromatic nitrogens is 4. The van der Waals surface area contributed by atoms with Crippen molar-refractivity contribution in [1.29, 1.82) is 0 Å². The van der Waals surface area contributed by atoms with Gasteiger partial charge in [-0.15, -0.1) is 10.2 Å². The number of nitrogens with one attached hydrogen (secondary N) is 1. The van der Waals surface area contributed by atoms with E-state index in [1.54, 1.807) is 24.8 Å². The number of aryl methyl sites for hydroxylation is 2. The molecule has 1 aliphatic carbocycles. The maximum atomic E-state index is 11.9. The van der Waals surface area contributed by atoms with Crippen LogP contribution in [0.2, 0.25) is 0 Å². The van der Waals surface area contributed by atoms with Gasteiger partial charge in [-0.25, -0.2) is 0 Å². The second-order valence-electron chi connectivity index (χ2n) is 6.09. The number of hydrogen-bond donors (Lipinski definition) is 1. The molecule has 0 spiro atoms. The molecule has 0 aromatic carbocycles. The van der Waals surface area contributed by atoms with Gasteiger partial charge >= 0.3 is 0 Å². The third-order valence-electron chi connectivity index (χ3n) is 4.33. The summed E-state index contributed by atoms with van der Waals surface area (Å²) in [5.74, 6) is 1.46. The fourth-order valence-corrected chi connectivity index (χ4v) is 3.73. The van der Waals surface area contributed by atoms with E-state index in [1.165, 1.54) is 25.7 Å². The van der Waals surface area contributed by atoms with Crippen LogP contribution in [-0.2, 0) is 6.42 Å². The lowest BCUT2D eigenvalue weighted by atomic mass is 10.2. The lowest BCUT2D eigenvalue weighted by Crippen LogP contribution is -2.25. The van der Waals surface area contributed by atoms with Crippen LogP contribution in [0.4, 0.5) is 0 Å². The summed E-state index contributed by atoms with van der Waals surface area (Å²) < 4.78 is 7.22. The van der Waals surface area contributed by atoms with Crippen LogP contribution in [0, 0.1) is 6.92 Å². The largest absolute Gasteiger partial charge is 0.361 e. The molecule has 2 aromatic rings. The van der Waals surface area contributed by atoms with Gasteiger partial charge in [0.05, 0.1) is 0 Å². The lowest BCUT2D eigenvalue weighted by Gasteiger charge is -2.16. The molecule has 0 atom stereocenters. The van der Waals surface area contributed by atoms with Gasteiger partial charge in [0.2, 0.25) is 0 Å². The summed E-state index contributed by atoms with van der Waals surface area (Å²) >= 11 is 1.65. The lowest BCUT2D eigenvalue weighted by molar-refractivity contribution is 0.0944. The Hall–Kier alpha value is -1.83. The third-order valence-corrected chi connectivity index (χ3v) is 4.97. The highest BCUT2D eigenvalue weighted by molar-refractivity contribution is 7.98. The van der Waals surface area contributed by atoms with Crippen molar-refractivity contribution in [3.8, 4) is 0 Å². The Labute approximate surface area is 145 Å². The van der Waals surface area contributed by atoms with Crippen LogP contribution >= 0.6 is 11.8 Å². The maximum Gasteiger partial charge on any atom is 0.273 e. The Morgan fingerprint density at radius 2 is 2.21 bits per heavy atom. The van der Waals surface area contributed by atoms with Gasteiger partial charge in [0.15, 0.2) is 10.9 Å². The van der Waals surface area contributed by atoms with Crippen molar-refractivity contribution in [2.45, 2.75) is 56.6 Å². The van der Waals surface area contributed by atoms with Gasteiger partial charge in [-0.05, 0) is 32.4 Å². The van der Waals surface area contributed by atoms with E-state index in [-0.39, 0.29) is 5.91 Å². The van der Waals surface area contributed by atoms with Crippen LogP contribution in [0.25, 0.3) is 0 Å².